The maximum Gasteiger partial charge on any atom is 0.244 e. The predicted molar refractivity (Wildman–Crippen MR) is 101 cm³/mol. The van der Waals surface area contributed by atoms with Crippen molar-refractivity contribution in [2.45, 2.75) is 32.4 Å². The van der Waals surface area contributed by atoms with Crippen molar-refractivity contribution in [3.05, 3.63) is 59.7 Å². The van der Waals surface area contributed by atoms with Crippen LogP contribution in [0.15, 0.2) is 48.5 Å². The Morgan fingerprint density at radius 3 is 2.58 bits per heavy atom. The first-order valence-electron chi connectivity index (χ1n) is 8.82. The number of amides is 1. The molecular formula is C21H23N3O2. The lowest BCUT2D eigenvalue weighted by Crippen LogP contribution is -2.39. The van der Waals surface area contributed by atoms with Gasteiger partial charge >= 0.3 is 0 Å². The van der Waals surface area contributed by atoms with Gasteiger partial charge in [0.1, 0.15) is 11.8 Å². The molecule has 1 aliphatic rings. The van der Waals surface area contributed by atoms with Crippen LogP contribution in [0, 0.1) is 18.3 Å². The summed E-state index contributed by atoms with van der Waals surface area (Å²) in [5, 5.41) is 12.0. The van der Waals surface area contributed by atoms with Gasteiger partial charge in [0, 0.05) is 18.3 Å². The van der Waals surface area contributed by atoms with E-state index in [1.807, 2.05) is 73.3 Å². The van der Waals surface area contributed by atoms with Crippen LogP contribution in [0.4, 0.5) is 5.69 Å². The molecule has 26 heavy (non-hydrogen) atoms. The van der Waals surface area contributed by atoms with Crippen molar-refractivity contribution in [2.75, 3.05) is 18.1 Å². The highest BCUT2D eigenvalue weighted by atomic mass is 16.5. The van der Waals surface area contributed by atoms with Crippen molar-refractivity contribution in [2.24, 2.45) is 0 Å². The molecule has 0 saturated carbocycles. The van der Waals surface area contributed by atoms with Gasteiger partial charge in [0.05, 0.1) is 6.04 Å². The SMILES string of the molecule is Cc1ccc(N2CC[C@@H](N[C@H](C)c3ccc(OCC#N)cc3)C2=O)cc1. The molecule has 2 atom stereocenters. The molecule has 0 radical (unpaired) electrons. The Balaban J connectivity index is 1.61. The summed E-state index contributed by atoms with van der Waals surface area (Å²) in [5.41, 5.74) is 3.22. The van der Waals surface area contributed by atoms with Crippen molar-refractivity contribution in [3.63, 3.8) is 0 Å². The van der Waals surface area contributed by atoms with Crippen LogP contribution in [0.2, 0.25) is 0 Å². The first kappa shape index (κ1) is 18.0. The van der Waals surface area contributed by atoms with Gasteiger partial charge in [0.15, 0.2) is 6.61 Å². The maximum atomic E-state index is 12.7. The molecule has 5 heteroatoms. The molecule has 1 heterocycles. The van der Waals surface area contributed by atoms with Crippen molar-refractivity contribution in [1.82, 2.24) is 5.32 Å². The van der Waals surface area contributed by atoms with E-state index >= 15 is 0 Å². The first-order chi connectivity index (χ1) is 12.6. The normalized spacial score (nSPS) is 17.8. The fourth-order valence-corrected chi connectivity index (χ4v) is 3.18. The molecule has 0 unspecified atom stereocenters. The summed E-state index contributed by atoms with van der Waals surface area (Å²) < 4.78 is 5.27. The van der Waals surface area contributed by atoms with Gasteiger partial charge in [0.25, 0.3) is 0 Å². The molecule has 1 aliphatic heterocycles. The highest BCUT2D eigenvalue weighted by Gasteiger charge is 2.33. The molecule has 1 N–H and O–H groups in total. The maximum absolute atomic E-state index is 12.7. The number of hydrogen-bond donors (Lipinski definition) is 1. The summed E-state index contributed by atoms with van der Waals surface area (Å²) in [5.74, 6) is 0.791. The van der Waals surface area contributed by atoms with Gasteiger partial charge in [-0.15, -0.1) is 0 Å². The van der Waals surface area contributed by atoms with Crippen LogP contribution in [-0.4, -0.2) is 25.1 Å². The average Bonchev–Trinajstić information content (AvgIpc) is 3.01. The number of nitriles is 1. The number of carbonyl (C=O) groups excluding carboxylic acids is 1. The number of carbonyl (C=O) groups is 1. The van der Waals surface area contributed by atoms with Gasteiger partial charge in [-0.05, 0) is 50.1 Å². The predicted octanol–water partition coefficient (Wildman–Crippen LogP) is 3.35. The molecular weight excluding hydrogens is 326 g/mol. The van der Waals surface area contributed by atoms with Crippen LogP contribution in [-0.2, 0) is 4.79 Å². The molecule has 3 rings (SSSR count). The summed E-state index contributed by atoms with van der Waals surface area (Å²) in [6, 6.07) is 17.5. The molecule has 1 amide bonds. The van der Waals surface area contributed by atoms with Crippen molar-refractivity contribution < 1.29 is 9.53 Å². The number of nitrogens with zero attached hydrogens (tertiary/aromatic N) is 2. The lowest BCUT2D eigenvalue weighted by atomic mass is 10.1. The number of nitrogens with one attached hydrogen (secondary N) is 1. The number of ether oxygens (including phenoxy) is 1. The van der Waals surface area contributed by atoms with E-state index in [2.05, 4.69) is 5.32 Å². The number of aryl methyl sites for hydroxylation is 1. The molecule has 2 aromatic carbocycles. The lowest BCUT2D eigenvalue weighted by molar-refractivity contribution is -0.119. The second-order valence-corrected chi connectivity index (χ2v) is 6.57. The van der Waals surface area contributed by atoms with Crippen LogP contribution < -0.4 is 15.0 Å². The second-order valence-electron chi connectivity index (χ2n) is 6.57. The highest BCUT2D eigenvalue weighted by Crippen LogP contribution is 2.24. The third-order valence-electron chi connectivity index (χ3n) is 4.69. The van der Waals surface area contributed by atoms with Crippen LogP contribution in [0.1, 0.15) is 30.5 Å². The molecule has 0 bridgehead atoms. The van der Waals surface area contributed by atoms with E-state index in [9.17, 15) is 4.79 Å². The molecule has 0 spiro atoms. The van der Waals surface area contributed by atoms with E-state index in [1.165, 1.54) is 5.56 Å². The van der Waals surface area contributed by atoms with Crippen molar-refractivity contribution in [3.8, 4) is 11.8 Å². The highest BCUT2D eigenvalue weighted by molar-refractivity contribution is 5.99. The Morgan fingerprint density at radius 2 is 1.92 bits per heavy atom. The summed E-state index contributed by atoms with van der Waals surface area (Å²) in [7, 11) is 0. The van der Waals surface area contributed by atoms with Gasteiger partial charge < -0.3 is 9.64 Å². The van der Waals surface area contributed by atoms with Gasteiger partial charge in [-0.2, -0.15) is 5.26 Å². The number of rotatable bonds is 6. The summed E-state index contributed by atoms with van der Waals surface area (Å²) in [6.45, 7) is 4.86. The molecule has 5 nitrogen and oxygen atoms in total. The van der Waals surface area contributed by atoms with Gasteiger partial charge in [-0.3, -0.25) is 10.1 Å². The minimum Gasteiger partial charge on any atom is -0.479 e. The molecule has 0 aliphatic carbocycles. The van der Waals surface area contributed by atoms with Gasteiger partial charge in [0.2, 0.25) is 5.91 Å². The number of hydrogen-bond acceptors (Lipinski definition) is 4. The van der Waals surface area contributed by atoms with Gasteiger partial charge in [-0.1, -0.05) is 29.8 Å². The zero-order valence-electron chi connectivity index (χ0n) is 15.1. The minimum atomic E-state index is -0.180. The van der Waals surface area contributed by atoms with Gasteiger partial charge in [-0.25, -0.2) is 0 Å². The third kappa shape index (κ3) is 4.04. The van der Waals surface area contributed by atoms with E-state index in [1.54, 1.807) is 0 Å². The Morgan fingerprint density at radius 1 is 1.23 bits per heavy atom. The average molecular weight is 349 g/mol. The van der Waals surface area contributed by atoms with Crippen LogP contribution in [0.3, 0.4) is 0 Å². The fraction of sp³-hybridized carbons (Fsp3) is 0.333. The van der Waals surface area contributed by atoms with Crippen molar-refractivity contribution in [1.29, 1.82) is 5.26 Å². The van der Waals surface area contributed by atoms with E-state index in [0.29, 0.717) is 5.75 Å². The van der Waals surface area contributed by atoms with E-state index < -0.39 is 0 Å². The van der Waals surface area contributed by atoms with Crippen LogP contribution >= 0.6 is 0 Å². The van der Waals surface area contributed by atoms with E-state index in [4.69, 9.17) is 10.00 Å². The molecule has 1 saturated heterocycles. The third-order valence-corrected chi connectivity index (χ3v) is 4.69. The smallest absolute Gasteiger partial charge is 0.244 e. The molecule has 134 valence electrons. The largest absolute Gasteiger partial charge is 0.479 e. The lowest BCUT2D eigenvalue weighted by Gasteiger charge is -2.21. The minimum absolute atomic E-state index is 0.0402. The Hall–Kier alpha value is -2.84. The van der Waals surface area contributed by atoms with Crippen LogP contribution in [0.5, 0.6) is 5.75 Å². The summed E-state index contributed by atoms with van der Waals surface area (Å²) in [4.78, 5) is 14.6. The quantitative estimate of drug-likeness (QED) is 0.868. The Labute approximate surface area is 154 Å². The Kier molecular flexibility index (Phi) is 5.55. The summed E-state index contributed by atoms with van der Waals surface area (Å²) >= 11 is 0. The van der Waals surface area contributed by atoms with E-state index in [-0.39, 0.29) is 24.6 Å². The fourth-order valence-electron chi connectivity index (χ4n) is 3.18. The monoisotopic (exact) mass is 349 g/mol. The molecule has 1 fully saturated rings. The standard InChI is InChI=1S/C21H23N3O2/c1-15-3-7-18(8-4-15)24-13-11-20(21(24)25)23-16(2)17-5-9-19(10-6-17)26-14-12-22/h3-10,16,20,23H,11,13-14H2,1-2H3/t16-,20-/m1/s1. The topological polar surface area (TPSA) is 65.4 Å². The van der Waals surface area contributed by atoms with E-state index in [0.717, 1.165) is 24.2 Å². The molecule has 2 aromatic rings. The first-order valence-corrected chi connectivity index (χ1v) is 8.82. The van der Waals surface area contributed by atoms with Crippen molar-refractivity contribution >= 4 is 11.6 Å². The number of anilines is 1. The zero-order chi connectivity index (χ0) is 18.5. The molecule has 0 aromatic heterocycles. The summed E-state index contributed by atoms with van der Waals surface area (Å²) in [6.07, 6.45) is 0.792. The second kappa shape index (κ2) is 8.03. The number of benzene rings is 2. The Bertz CT molecular complexity index is 794. The van der Waals surface area contributed by atoms with Crippen LogP contribution in [0.25, 0.3) is 0 Å². The zero-order valence-corrected chi connectivity index (χ0v) is 15.1.